The van der Waals surface area contributed by atoms with Crippen molar-refractivity contribution < 1.29 is 9.90 Å². The second kappa shape index (κ2) is 7.05. The number of nitrogen functional groups attached to an aromatic ring is 1. The summed E-state index contributed by atoms with van der Waals surface area (Å²) in [6.45, 7) is 1.08. The summed E-state index contributed by atoms with van der Waals surface area (Å²) in [5.41, 5.74) is 10.4. The molecule has 4 rings (SSSR count). The topological polar surface area (TPSA) is 92.0 Å². The van der Waals surface area contributed by atoms with E-state index in [1.54, 1.807) is 0 Å². The molecule has 25 heavy (non-hydrogen) atoms. The van der Waals surface area contributed by atoms with Crippen molar-refractivity contribution in [2.75, 3.05) is 5.73 Å². The maximum absolute atomic E-state index is 9.00. The number of aliphatic carboxylic acids is 1. The first-order valence-corrected chi connectivity index (χ1v) is 7.94. The summed E-state index contributed by atoms with van der Waals surface area (Å²) in [5.74, 6) is -0.278. The highest BCUT2D eigenvalue weighted by atomic mass is 16.4. The summed E-state index contributed by atoms with van der Waals surface area (Å²) in [4.78, 5) is 17.0. The standard InChI is InChI=1S/C18H15N3.C2H4O2/c19-17-11-16-18(13-8-4-5-9-14(13)20-16)15(21-17)10-12-6-2-1-3-7-12;1-2(3)4/h1-9,11,20H,10H2,(H2,19,21);1H3,(H,3,4). The highest BCUT2D eigenvalue weighted by molar-refractivity contribution is 6.09. The summed E-state index contributed by atoms with van der Waals surface area (Å²) >= 11 is 0. The van der Waals surface area contributed by atoms with Crippen molar-refractivity contribution in [2.24, 2.45) is 0 Å². The van der Waals surface area contributed by atoms with E-state index in [0.29, 0.717) is 5.82 Å². The van der Waals surface area contributed by atoms with E-state index in [9.17, 15) is 0 Å². The van der Waals surface area contributed by atoms with Gasteiger partial charge in [0.25, 0.3) is 5.97 Å². The number of nitrogens with one attached hydrogen (secondary N) is 1. The Hall–Kier alpha value is -3.34. The Morgan fingerprint density at radius 1 is 1.08 bits per heavy atom. The van der Waals surface area contributed by atoms with Crippen LogP contribution >= 0.6 is 0 Å². The number of para-hydroxylation sites is 1. The molecule has 5 nitrogen and oxygen atoms in total. The Balaban J connectivity index is 0.000000415. The maximum atomic E-state index is 9.00. The Labute approximate surface area is 145 Å². The van der Waals surface area contributed by atoms with Gasteiger partial charge in [0, 0.05) is 35.7 Å². The third-order valence-corrected chi connectivity index (χ3v) is 3.79. The number of hydrogen-bond acceptors (Lipinski definition) is 3. The molecule has 0 unspecified atom stereocenters. The quantitative estimate of drug-likeness (QED) is 0.517. The second-order valence-corrected chi connectivity index (χ2v) is 5.77. The van der Waals surface area contributed by atoms with Crippen molar-refractivity contribution >= 4 is 33.6 Å². The average Bonchev–Trinajstić information content (AvgIpc) is 2.93. The molecule has 2 heterocycles. The summed E-state index contributed by atoms with van der Waals surface area (Å²) in [7, 11) is 0. The third kappa shape index (κ3) is 3.77. The van der Waals surface area contributed by atoms with E-state index in [-0.39, 0.29) is 0 Å². The first-order valence-electron chi connectivity index (χ1n) is 7.94. The van der Waals surface area contributed by atoms with Crippen LogP contribution in [-0.2, 0) is 11.2 Å². The smallest absolute Gasteiger partial charge is 0.300 e. The molecule has 2 aromatic carbocycles. The first kappa shape index (κ1) is 16.5. The van der Waals surface area contributed by atoms with E-state index in [1.807, 2.05) is 30.3 Å². The number of fused-ring (bicyclic) bond motifs is 3. The van der Waals surface area contributed by atoms with E-state index in [1.165, 1.54) is 16.3 Å². The number of aromatic nitrogens is 2. The Kier molecular flexibility index (Phi) is 4.66. The molecule has 2 aromatic heterocycles. The van der Waals surface area contributed by atoms with Crippen molar-refractivity contribution in [3.63, 3.8) is 0 Å². The van der Waals surface area contributed by atoms with Gasteiger partial charge in [-0.25, -0.2) is 4.98 Å². The zero-order chi connectivity index (χ0) is 17.8. The van der Waals surface area contributed by atoms with Gasteiger partial charge in [-0.15, -0.1) is 0 Å². The molecular weight excluding hydrogens is 314 g/mol. The molecule has 5 heteroatoms. The molecule has 0 fully saturated rings. The van der Waals surface area contributed by atoms with Gasteiger partial charge in [0.15, 0.2) is 0 Å². The molecule has 0 bridgehead atoms. The fraction of sp³-hybridized carbons (Fsp3) is 0.100. The number of rotatable bonds is 2. The van der Waals surface area contributed by atoms with Crippen LogP contribution in [0.25, 0.3) is 21.8 Å². The molecule has 4 N–H and O–H groups in total. The van der Waals surface area contributed by atoms with E-state index < -0.39 is 5.97 Å². The molecule has 0 aliphatic rings. The highest BCUT2D eigenvalue weighted by Crippen LogP contribution is 2.29. The number of hydrogen-bond donors (Lipinski definition) is 3. The molecule has 0 saturated carbocycles. The lowest BCUT2D eigenvalue weighted by Crippen LogP contribution is -1.98. The van der Waals surface area contributed by atoms with E-state index in [0.717, 1.165) is 30.1 Å². The first-order chi connectivity index (χ1) is 12.0. The lowest BCUT2D eigenvalue weighted by Gasteiger charge is -2.05. The van der Waals surface area contributed by atoms with Crippen LogP contribution in [-0.4, -0.2) is 21.0 Å². The van der Waals surface area contributed by atoms with Gasteiger partial charge >= 0.3 is 0 Å². The predicted octanol–water partition coefficient (Wildman–Crippen LogP) is 3.98. The number of carboxylic acids is 1. The SMILES string of the molecule is CC(=O)O.Nc1cc2[nH]c3ccccc3c2c(Cc2ccccc2)n1. The predicted molar refractivity (Wildman–Crippen MR) is 101 cm³/mol. The fourth-order valence-corrected chi connectivity index (χ4v) is 2.89. The Morgan fingerprint density at radius 3 is 2.44 bits per heavy atom. The van der Waals surface area contributed by atoms with Gasteiger partial charge in [-0.2, -0.15) is 0 Å². The van der Waals surface area contributed by atoms with Gasteiger partial charge in [-0.05, 0) is 11.6 Å². The van der Waals surface area contributed by atoms with Crippen molar-refractivity contribution in [3.8, 4) is 0 Å². The minimum Gasteiger partial charge on any atom is -0.481 e. The minimum atomic E-state index is -0.833. The molecule has 4 aromatic rings. The van der Waals surface area contributed by atoms with E-state index >= 15 is 0 Å². The minimum absolute atomic E-state index is 0.556. The van der Waals surface area contributed by atoms with Crippen LogP contribution in [0.1, 0.15) is 18.2 Å². The summed E-state index contributed by atoms with van der Waals surface area (Å²) in [5, 5.41) is 9.79. The van der Waals surface area contributed by atoms with Gasteiger partial charge in [-0.1, -0.05) is 48.5 Å². The van der Waals surface area contributed by atoms with Crippen LogP contribution in [0, 0.1) is 0 Å². The fourth-order valence-electron chi connectivity index (χ4n) is 2.89. The third-order valence-electron chi connectivity index (χ3n) is 3.79. The number of benzene rings is 2. The molecule has 0 atom stereocenters. The van der Waals surface area contributed by atoms with Gasteiger partial charge < -0.3 is 15.8 Å². The number of carboxylic acid groups (broad SMARTS) is 1. The average molecular weight is 333 g/mol. The zero-order valence-corrected chi connectivity index (χ0v) is 13.9. The molecule has 0 aliphatic carbocycles. The Morgan fingerprint density at radius 2 is 1.72 bits per heavy atom. The molecule has 126 valence electrons. The van der Waals surface area contributed by atoms with Gasteiger partial charge in [0.1, 0.15) is 5.82 Å². The molecule has 0 aliphatic heterocycles. The number of H-pyrrole nitrogens is 1. The largest absolute Gasteiger partial charge is 0.481 e. The van der Waals surface area contributed by atoms with Crippen LogP contribution in [0.2, 0.25) is 0 Å². The lowest BCUT2D eigenvalue weighted by atomic mass is 10.0. The van der Waals surface area contributed by atoms with E-state index in [4.69, 9.17) is 15.6 Å². The van der Waals surface area contributed by atoms with Crippen LogP contribution in [0.15, 0.2) is 60.7 Å². The molecule has 0 radical (unpaired) electrons. The molecular formula is C20H19N3O2. The summed E-state index contributed by atoms with van der Waals surface area (Å²) in [6, 6.07) is 20.6. The number of carbonyl (C=O) groups is 1. The van der Waals surface area contributed by atoms with Gasteiger partial charge in [0.05, 0.1) is 11.2 Å². The normalized spacial score (nSPS) is 10.4. The van der Waals surface area contributed by atoms with E-state index in [2.05, 4.69) is 40.3 Å². The van der Waals surface area contributed by atoms with Crippen LogP contribution in [0.3, 0.4) is 0 Å². The monoisotopic (exact) mass is 333 g/mol. The lowest BCUT2D eigenvalue weighted by molar-refractivity contribution is -0.134. The van der Waals surface area contributed by atoms with Crippen molar-refractivity contribution in [1.82, 2.24) is 9.97 Å². The number of anilines is 1. The summed E-state index contributed by atoms with van der Waals surface area (Å²) < 4.78 is 0. The number of nitrogens with zero attached hydrogens (tertiary/aromatic N) is 1. The molecule has 0 spiro atoms. The second-order valence-electron chi connectivity index (χ2n) is 5.77. The van der Waals surface area contributed by atoms with Crippen LogP contribution < -0.4 is 5.73 Å². The molecule has 0 amide bonds. The zero-order valence-electron chi connectivity index (χ0n) is 13.9. The van der Waals surface area contributed by atoms with Gasteiger partial charge in [0.2, 0.25) is 0 Å². The van der Waals surface area contributed by atoms with Crippen LogP contribution in [0.5, 0.6) is 0 Å². The van der Waals surface area contributed by atoms with Crippen LogP contribution in [0.4, 0.5) is 5.82 Å². The van der Waals surface area contributed by atoms with Crippen molar-refractivity contribution in [3.05, 3.63) is 71.9 Å². The maximum Gasteiger partial charge on any atom is 0.300 e. The van der Waals surface area contributed by atoms with Crippen molar-refractivity contribution in [1.29, 1.82) is 0 Å². The van der Waals surface area contributed by atoms with Gasteiger partial charge in [-0.3, -0.25) is 4.79 Å². The Bertz CT molecular complexity index is 1020. The number of pyridine rings is 1. The number of aromatic amines is 1. The van der Waals surface area contributed by atoms with Crippen molar-refractivity contribution in [2.45, 2.75) is 13.3 Å². The highest BCUT2D eigenvalue weighted by Gasteiger charge is 2.11. The number of nitrogens with two attached hydrogens (primary N) is 1. The molecule has 0 saturated heterocycles. The summed E-state index contributed by atoms with van der Waals surface area (Å²) in [6.07, 6.45) is 0.782.